The number of ether oxygens (including phenoxy) is 1. The van der Waals surface area contributed by atoms with Gasteiger partial charge in [-0.05, 0) is 56.7 Å². The number of benzene rings is 1. The summed E-state index contributed by atoms with van der Waals surface area (Å²) in [6.07, 6.45) is 11.2. The van der Waals surface area contributed by atoms with E-state index in [1.165, 1.54) is 32.1 Å². The maximum atomic E-state index is 12.0. The first-order chi connectivity index (χ1) is 13.6. The van der Waals surface area contributed by atoms with Crippen molar-refractivity contribution in [2.75, 3.05) is 0 Å². The third kappa shape index (κ3) is 7.89. The zero-order valence-electron chi connectivity index (χ0n) is 17.0. The maximum absolute atomic E-state index is 12.0. The summed E-state index contributed by atoms with van der Waals surface area (Å²) < 4.78 is 5.35. The minimum atomic E-state index is -0.981. The molecule has 0 atom stereocenters. The molecule has 6 nitrogen and oxygen atoms in total. The number of aryl methyl sites for hydroxylation is 1. The van der Waals surface area contributed by atoms with Crippen molar-refractivity contribution in [2.24, 2.45) is 0 Å². The van der Waals surface area contributed by atoms with Crippen LogP contribution in [0.2, 0.25) is 0 Å². The van der Waals surface area contributed by atoms with Gasteiger partial charge in [-0.1, -0.05) is 57.1 Å². The highest BCUT2D eigenvalue weighted by molar-refractivity contribution is 5.90. The number of hydrogen-bond donors (Lipinski definition) is 0. The van der Waals surface area contributed by atoms with E-state index in [1.54, 1.807) is 12.1 Å². The monoisotopic (exact) mass is 392 g/mol. The highest BCUT2D eigenvalue weighted by Gasteiger charge is 2.19. The van der Waals surface area contributed by atoms with E-state index in [-0.39, 0.29) is 6.10 Å². The Labute approximate surface area is 167 Å². The van der Waals surface area contributed by atoms with Crippen LogP contribution in [0, 0.1) is 13.8 Å². The molecule has 1 aliphatic carbocycles. The van der Waals surface area contributed by atoms with Crippen LogP contribution in [0.15, 0.2) is 18.2 Å². The normalized spacial score (nSPS) is 17.1. The Bertz CT molecular complexity index is 615. The minimum absolute atomic E-state index is 0.190. The van der Waals surface area contributed by atoms with Crippen LogP contribution in [-0.2, 0) is 19.6 Å². The van der Waals surface area contributed by atoms with Crippen LogP contribution in [0.5, 0.6) is 0 Å². The summed E-state index contributed by atoms with van der Waals surface area (Å²) in [6.45, 7) is 3.70. The van der Waals surface area contributed by atoms with Gasteiger partial charge in [0.2, 0.25) is 0 Å². The van der Waals surface area contributed by atoms with E-state index in [9.17, 15) is 9.59 Å². The molecule has 6 heteroatoms. The zero-order chi connectivity index (χ0) is 20.2. The maximum Gasteiger partial charge on any atom is 0.543 e. The Morgan fingerprint density at radius 1 is 0.821 bits per heavy atom. The number of carbonyl (C=O) groups excluding carboxylic acids is 2. The molecule has 0 saturated heterocycles. The van der Waals surface area contributed by atoms with Crippen molar-refractivity contribution in [2.45, 2.75) is 90.6 Å². The molecular weight excluding hydrogens is 360 g/mol. The molecule has 1 aromatic rings. The predicted molar refractivity (Wildman–Crippen MR) is 105 cm³/mol. The van der Waals surface area contributed by atoms with Crippen molar-refractivity contribution in [1.29, 1.82) is 0 Å². The van der Waals surface area contributed by atoms with E-state index in [2.05, 4.69) is 14.8 Å². The molecule has 1 fully saturated rings. The standard InChI is InChI=1S/C22H32O6/c1-17-13-12-16-20(18(17)2)21(23)26-28-27-22(24)25-19-14-10-8-6-4-3-5-7-9-11-15-19/h12-13,16,19H,3-11,14-15H2,1-2H3. The van der Waals surface area contributed by atoms with E-state index in [1.807, 2.05) is 19.9 Å². The van der Waals surface area contributed by atoms with E-state index >= 15 is 0 Å². The smallest absolute Gasteiger partial charge is 0.429 e. The van der Waals surface area contributed by atoms with E-state index in [0.29, 0.717) is 5.56 Å². The fraction of sp³-hybridized carbons (Fsp3) is 0.636. The molecule has 0 N–H and O–H groups in total. The summed E-state index contributed by atoms with van der Waals surface area (Å²) in [5, 5.41) is 4.36. The Hall–Kier alpha value is -2.08. The summed E-state index contributed by atoms with van der Waals surface area (Å²) in [5.41, 5.74) is 2.10. The van der Waals surface area contributed by atoms with E-state index in [4.69, 9.17) is 4.74 Å². The van der Waals surface area contributed by atoms with Crippen LogP contribution in [0.3, 0.4) is 0 Å². The SMILES string of the molecule is Cc1cccc(C(=O)OOOC(=O)OC2CCCCCCCCCCC2)c1C. The van der Waals surface area contributed by atoms with Crippen LogP contribution < -0.4 is 0 Å². The van der Waals surface area contributed by atoms with Crippen LogP contribution >= 0.6 is 0 Å². The molecule has 0 heterocycles. The van der Waals surface area contributed by atoms with Crippen molar-refractivity contribution < 1.29 is 29.1 Å². The zero-order valence-corrected chi connectivity index (χ0v) is 17.0. The highest BCUT2D eigenvalue weighted by Crippen LogP contribution is 2.19. The summed E-state index contributed by atoms with van der Waals surface area (Å²) >= 11 is 0. The Kier molecular flexibility index (Phi) is 9.83. The number of rotatable bonds is 4. The second-order valence-corrected chi connectivity index (χ2v) is 7.52. The van der Waals surface area contributed by atoms with Crippen molar-refractivity contribution in [3.8, 4) is 0 Å². The van der Waals surface area contributed by atoms with Gasteiger partial charge in [0, 0.05) is 0 Å². The van der Waals surface area contributed by atoms with Gasteiger partial charge in [-0.25, -0.2) is 14.5 Å². The summed E-state index contributed by atoms with van der Waals surface area (Å²) in [4.78, 5) is 32.9. The van der Waals surface area contributed by atoms with Gasteiger partial charge in [-0.15, -0.1) is 0 Å². The number of hydrogen-bond acceptors (Lipinski definition) is 6. The van der Waals surface area contributed by atoms with Crippen molar-refractivity contribution in [1.82, 2.24) is 0 Å². The second kappa shape index (κ2) is 12.4. The molecule has 156 valence electrons. The first-order valence-electron chi connectivity index (χ1n) is 10.4. The molecule has 2 rings (SSSR count). The average molecular weight is 392 g/mol. The molecule has 0 aromatic heterocycles. The molecule has 28 heavy (non-hydrogen) atoms. The second-order valence-electron chi connectivity index (χ2n) is 7.52. The lowest BCUT2D eigenvalue weighted by atomic mass is 9.99. The van der Waals surface area contributed by atoms with Crippen LogP contribution in [0.4, 0.5) is 4.79 Å². The fourth-order valence-corrected chi connectivity index (χ4v) is 3.49. The average Bonchev–Trinajstić information content (AvgIpc) is 2.66. The van der Waals surface area contributed by atoms with Gasteiger partial charge in [0.05, 0.1) is 10.6 Å². The van der Waals surface area contributed by atoms with Gasteiger partial charge in [-0.2, -0.15) is 0 Å². The molecular formula is C22H32O6. The topological polar surface area (TPSA) is 71.1 Å². The third-order valence-electron chi connectivity index (χ3n) is 5.35. The van der Waals surface area contributed by atoms with Crippen LogP contribution in [0.25, 0.3) is 0 Å². The number of carbonyl (C=O) groups is 2. The molecule has 0 unspecified atom stereocenters. The minimum Gasteiger partial charge on any atom is -0.429 e. The molecule has 0 amide bonds. The summed E-state index contributed by atoms with van der Waals surface area (Å²) in [5.74, 6) is -0.722. The quantitative estimate of drug-likeness (QED) is 0.348. The Morgan fingerprint density at radius 2 is 1.39 bits per heavy atom. The van der Waals surface area contributed by atoms with Gasteiger partial charge >= 0.3 is 12.1 Å². The Balaban J connectivity index is 1.73. The molecule has 1 saturated carbocycles. The molecule has 0 aliphatic heterocycles. The third-order valence-corrected chi connectivity index (χ3v) is 5.35. The van der Waals surface area contributed by atoms with Gasteiger partial charge < -0.3 is 4.74 Å². The lowest BCUT2D eigenvalue weighted by molar-refractivity contribution is -0.453. The van der Waals surface area contributed by atoms with Crippen LogP contribution in [0.1, 0.15) is 92.1 Å². The molecule has 0 spiro atoms. The van der Waals surface area contributed by atoms with Crippen molar-refractivity contribution in [3.05, 3.63) is 34.9 Å². The van der Waals surface area contributed by atoms with Gasteiger partial charge in [0.1, 0.15) is 6.10 Å². The van der Waals surface area contributed by atoms with E-state index in [0.717, 1.165) is 49.7 Å². The van der Waals surface area contributed by atoms with Gasteiger partial charge in [0.15, 0.2) is 0 Å². The first-order valence-corrected chi connectivity index (χ1v) is 10.4. The lowest BCUT2D eigenvalue weighted by Gasteiger charge is -2.17. The molecule has 0 radical (unpaired) electrons. The largest absolute Gasteiger partial charge is 0.543 e. The first kappa shape index (κ1) is 22.2. The molecule has 1 aliphatic rings. The van der Waals surface area contributed by atoms with E-state index < -0.39 is 12.1 Å². The van der Waals surface area contributed by atoms with Gasteiger partial charge in [0.25, 0.3) is 0 Å². The fourth-order valence-electron chi connectivity index (χ4n) is 3.49. The van der Waals surface area contributed by atoms with Crippen LogP contribution in [-0.4, -0.2) is 18.2 Å². The lowest BCUT2D eigenvalue weighted by Crippen LogP contribution is -2.20. The van der Waals surface area contributed by atoms with Crippen molar-refractivity contribution in [3.63, 3.8) is 0 Å². The molecule has 1 aromatic carbocycles. The summed E-state index contributed by atoms with van der Waals surface area (Å²) in [7, 11) is 0. The summed E-state index contributed by atoms with van der Waals surface area (Å²) in [6, 6.07) is 5.26. The predicted octanol–water partition coefficient (Wildman–Crippen LogP) is 6.13. The van der Waals surface area contributed by atoms with Crippen molar-refractivity contribution >= 4 is 12.1 Å². The van der Waals surface area contributed by atoms with Gasteiger partial charge in [-0.3, -0.25) is 4.89 Å². The highest BCUT2D eigenvalue weighted by atomic mass is 17.5. The molecule has 0 bridgehead atoms. The Morgan fingerprint density at radius 3 is 2.00 bits per heavy atom.